The van der Waals surface area contributed by atoms with E-state index in [1.807, 2.05) is 45.2 Å². The van der Waals surface area contributed by atoms with Crippen molar-refractivity contribution in [3.05, 3.63) is 30.1 Å². The van der Waals surface area contributed by atoms with Crippen LogP contribution in [0, 0.1) is 0 Å². The third-order valence-electron chi connectivity index (χ3n) is 3.39. The first-order chi connectivity index (χ1) is 9.38. The van der Waals surface area contributed by atoms with Gasteiger partial charge in [0, 0.05) is 11.6 Å². The number of aromatic amines is 1. The molecule has 1 saturated carbocycles. The van der Waals surface area contributed by atoms with Gasteiger partial charge in [-0.25, -0.2) is 9.78 Å². The fourth-order valence-corrected chi connectivity index (χ4v) is 2.27. The van der Waals surface area contributed by atoms with Gasteiger partial charge in [-0.2, -0.15) is 0 Å². The lowest BCUT2D eigenvalue weighted by atomic mass is 10.1. The molecule has 1 aliphatic carbocycles. The second-order valence-corrected chi connectivity index (χ2v) is 6.32. The monoisotopic (exact) mass is 273 g/mol. The molecular weight excluding hydrogens is 254 g/mol. The fourth-order valence-electron chi connectivity index (χ4n) is 2.27. The van der Waals surface area contributed by atoms with E-state index in [-0.39, 0.29) is 11.6 Å². The van der Waals surface area contributed by atoms with Crippen LogP contribution in [0.3, 0.4) is 0 Å². The summed E-state index contributed by atoms with van der Waals surface area (Å²) in [5, 5.41) is 4.03. The molecule has 0 bridgehead atoms. The molecule has 1 fully saturated rings. The molecular formula is C15H19N3O2. The number of amides is 1. The third kappa shape index (κ3) is 2.48. The van der Waals surface area contributed by atoms with Crippen LogP contribution in [0.25, 0.3) is 11.0 Å². The van der Waals surface area contributed by atoms with Crippen molar-refractivity contribution in [2.45, 2.75) is 44.8 Å². The van der Waals surface area contributed by atoms with E-state index < -0.39 is 5.60 Å². The van der Waals surface area contributed by atoms with E-state index >= 15 is 0 Å². The summed E-state index contributed by atoms with van der Waals surface area (Å²) in [6.45, 7) is 5.57. The van der Waals surface area contributed by atoms with Gasteiger partial charge in [-0.3, -0.25) is 0 Å². The molecule has 0 radical (unpaired) electrons. The highest BCUT2D eigenvalue weighted by molar-refractivity contribution is 5.76. The summed E-state index contributed by atoms with van der Waals surface area (Å²) in [5.41, 5.74) is 0.886. The zero-order chi connectivity index (χ0) is 14.4. The van der Waals surface area contributed by atoms with Gasteiger partial charge >= 0.3 is 6.09 Å². The van der Waals surface area contributed by atoms with Crippen molar-refractivity contribution in [3.63, 3.8) is 0 Å². The minimum atomic E-state index is -0.489. The van der Waals surface area contributed by atoms with Gasteiger partial charge in [0.1, 0.15) is 11.2 Å². The lowest BCUT2D eigenvalue weighted by Crippen LogP contribution is -2.39. The molecule has 106 valence electrons. The number of fused-ring (bicyclic) bond motifs is 1. The van der Waals surface area contributed by atoms with E-state index in [2.05, 4.69) is 15.3 Å². The molecule has 1 aliphatic rings. The topological polar surface area (TPSA) is 67.0 Å². The molecule has 20 heavy (non-hydrogen) atoms. The number of ether oxygens (including phenoxy) is 1. The van der Waals surface area contributed by atoms with Gasteiger partial charge < -0.3 is 15.0 Å². The van der Waals surface area contributed by atoms with Crippen LogP contribution in [0.4, 0.5) is 4.79 Å². The van der Waals surface area contributed by atoms with Crippen molar-refractivity contribution in [2.24, 2.45) is 0 Å². The second-order valence-electron chi connectivity index (χ2n) is 6.32. The molecule has 2 heterocycles. The van der Waals surface area contributed by atoms with E-state index in [1.54, 1.807) is 0 Å². The van der Waals surface area contributed by atoms with Crippen LogP contribution < -0.4 is 5.32 Å². The number of pyridine rings is 1. The zero-order valence-corrected chi connectivity index (χ0v) is 12.0. The number of carbonyl (C=O) groups excluding carboxylic acids is 1. The van der Waals surface area contributed by atoms with Gasteiger partial charge in [0.05, 0.1) is 11.2 Å². The fraction of sp³-hybridized carbons (Fsp3) is 0.467. The maximum absolute atomic E-state index is 11.9. The smallest absolute Gasteiger partial charge is 0.408 e. The summed E-state index contributed by atoms with van der Waals surface area (Å²) in [7, 11) is 0. The van der Waals surface area contributed by atoms with Crippen LogP contribution in [-0.2, 0) is 10.3 Å². The van der Waals surface area contributed by atoms with E-state index in [1.165, 1.54) is 0 Å². The van der Waals surface area contributed by atoms with Crippen LogP contribution in [-0.4, -0.2) is 21.7 Å². The Bertz CT molecular complexity index is 650. The first-order valence-corrected chi connectivity index (χ1v) is 6.84. The number of carbonyl (C=O) groups is 1. The lowest BCUT2D eigenvalue weighted by Gasteiger charge is -2.23. The number of nitrogens with zero attached hydrogens (tertiary/aromatic N) is 1. The standard InChI is InChI=1S/C15H19N3O2/c1-14(2,3)20-13(19)18-15(7-8-15)11-5-4-10-6-9-16-12(10)17-11/h4-6,9H,7-8H2,1-3H3,(H,16,17)(H,18,19). The van der Waals surface area contributed by atoms with Crippen molar-refractivity contribution in [1.82, 2.24) is 15.3 Å². The third-order valence-corrected chi connectivity index (χ3v) is 3.39. The highest BCUT2D eigenvalue weighted by Crippen LogP contribution is 2.45. The number of hydrogen-bond donors (Lipinski definition) is 2. The summed E-state index contributed by atoms with van der Waals surface area (Å²) >= 11 is 0. The van der Waals surface area contributed by atoms with Gasteiger partial charge in [-0.05, 0) is 51.8 Å². The van der Waals surface area contributed by atoms with Crippen molar-refractivity contribution in [3.8, 4) is 0 Å². The minimum Gasteiger partial charge on any atom is -0.444 e. The quantitative estimate of drug-likeness (QED) is 0.883. The molecule has 0 saturated heterocycles. The normalized spacial score (nSPS) is 16.9. The molecule has 2 aromatic rings. The molecule has 0 aliphatic heterocycles. The van der Waals surface area contributed by atoms with Gasteiger partial charge in [-0.15, -0.1) is 0 Å². The van der Waals surface area contributed by atoms with Crippen LogP contribution in [0.15, 0.2) is 24.4 Å². The highest BCUT2D eigenvalue weighted by atomic mass is 16.6. The van der Waals surface area contributed by atoms with Crippen LogP contribution in [0.2, 0.25) is 0 Å². The Morgan fingerprint density at radius 3 is 2.75 bits per heavy atom. The Kier molecular flexibility index (Phi) is 2.74. The van der Waals surface area contributed by atoms with Crippen molar-refractivity contribution in [2.75, 3.05) is 0 Å². The molecule has 0 unspecified atom stereocenters. The summed E-state index contributed by atoms with van der Waals surface area (Å²) in [5.74, 6) is 0. The van der Waals surface area contributed by atoms with Crippen molar-refractivity contribution in [1.29, 1.82) is 0 Å². The molecule has 5 nitrogen and oxygen atoms in total. The number of hydrogen-bond acceptors (Lipinski definition) is 3. The number of rotatable bonds is 2. The Balaban J connectivity index is 1.80. The van der Waals surface area contributed by atoms with Gasteiger partial charge in [-0.1, -0.05) is 0 Å². The molecule has 0 spiro atoms. The SMILES string of the molecule is CC(C)(C)OC(=O)NC1(c2ccc3cc[nH]c3n2)CC1. The minimum absolute atomic E-state index is 0.359. The number of nitrogens with one attached hydrogen (secondary N) is 2. The number of H-pyrrole nitrogens is 1. The summed E-state index contributed by atoms with van der Waals surface area (Å²) in [4.78, 5) is 19.6. The van der Waals surface area contributed by atoms with Crippen LogP contribution in [0.5, 0.6) is 0 Å². The van der Waals surface area contributed by atoms with Crippen LogP contribution >= 0.6 is 0 Å². The Hall–Kier alpha value is -2.04. The van der Waals surface area contributed by atoms with Crippen molar-refractivity contribution < 1.29 is 9.53 Å². The summed E-state index contributed by atoms with van der Waals surface area (Å²) in [6, 6.07) is 5.97. The predicted octanol–water partition coefficient (Wildman–Crippen LogP) is 3.08. The number of alkyl carbamates (subject to hydrolysis) is 1. The average Bonchev–Trinajstić information content (AvgIpc) is 2.96. The molecule has 0 atom stereocenters. The maximum Gasteiger partial charge on any atom is 0.408 e. The first-order valence-electron chi connectivity index (χ1n) is 6.84. The molecule has 2 N–H and O–H groups in total. The average molecular weight is 273 g/mol. The summed E-state index contributed by atoms with van der Waals surface area (Å²) < 4.78 is 5.32. The molecule has 3 rings (SSSR count). The molecule has 0 aromatic carbocycles. The Morgan fingerprint density at radius 2 is 2.10 bits per heavy atom. The Morgan fingerprint density at radius 1 is 1.35 bits per heavy atom. The highest BCUT2D eigenvalue weighted by Gasteiger charge is 2.48. The predicted molar refractivity (Wildman–Crippen MR) is 76.4 cm³/mol. The Labute approximate surface area is 117 Å². The summed E-state index contributed by atoms with van der Waals surface area (Å²) in [6.07, 6.45) is 3.27. The largest absolute Gasteiger partial charge is 0.444 e. The van der Waals surface area contributed by atoms with Crippen molar-refractivity contribution >= 4 is 17.1 Å². The van der Waals surface area contributed by atoms with Crippen LogP contribution in [0.1, 0.15) is 39.3 Å². The zero-order valence-electron chi connectivity index (χ0n) is 12.0. The molecule has 5 heteroatoms. The van der Waals surface area contributed by atoms with Gasteiger partial charge in [0.25, 0.3) is 0 Å². The van der Waals surface area contributed by atoms with Gasteiger partial charge in [0.2, 0.25) is 0 Å². The van der Waals surface area contributed by atoms with E-state index in [0.29, 0.717) is 0 Å². The van der Waals surface area contributed by atoms with E-state index in [0.717, 1.165) is 29.6 Å². The second kappa shape index (κ2) is 4.23. The van der Waals surface area contributed by atoms with Gasteiger partial charge in [0.15, 0.2) is 0 Å². The number of aromatic nitrogens is 2. The molecule has 2 aromatic heterocycles. The molecule has 1 amide bonds. The maximum atomic E-state index is 11.9. The van der Waals surface area contributed by atoms with E-state index in [4.69, 9.17) is 4.74 Å². The first kappa shape index (κ1) is 13.0. The van der Waals surface area contributed by atoms with E-state index in [9.17, 15) is 4.79 Å². The lowest BCUT2D eigenvalue weighted by molar-refractivity contribution is 0.0494.